The number of aryl methyl sites for hydroxylation is 2. The van der Waals surface area contributed by atoms with E-state index in [0.717, 1.165) is 32.0 Å². The van der Waals surface area contributed by atoms with Crippen molar-refractivity contribution in [2.75, 3.05) is 31.6 Å². The van der Waals surface area contributed by atoms with Crippen LogP contribution in [0.3, 0.4) is 0 Å². The van der Waals surface area contributed by atoms with Gasteiger partial charge in [-0.2, -0.15) is 0 Å². The molecule has 0 amide bonds. The molecule has 1 heterocycles. The van der Waals surface area contributed by atoms with Crippen molar-refractivity contribution in [1.82, 2.24) is 4.90 Å². The van der Waals surface area contributed by atoms with Crippen molar-refractivity contribution in [3.05, 3.63) is 59.7 Å². The highest BCUT2D eigenvalue weighted by atomic mass is 16.5. The highest BCUT2D eigenvalue weighted by Gasteiger charge is 2.18. The van der Waals surface area contributed by atoms with Gasteiger partial charge in [0.25, 0.3) is 0 Å². The lowest BCUT2D eigenvalue weighted by atomic mass is 10.0. The first-order chi connectivity index (χ1) is 11.7. The number of ether oxygens (including phenoxy) is 1. The van der Waals surface area contributed by atoms with Gasteiger partial charge in [0.15, 0.2) is 0 Å². The molecule has 2 aromatic carbocycles. The topological polar surface area (TPSA) is 24.5 Å². The van der Waals surface area contributed by atoms with Gasteiger partial charge >= 0.3 is 0 Å². The van der Waals surface area contributed by atoms with Crippen LogP contribution in [0.5, 0.6) is 5.75 Å². The van der Waals surface area contributed by atoms with E-state index in [4.69, 9.17) is 4.74 Å². The summed E-state index contributed by atoms with van der Waals surface area (Å²) in [5.41, 5.74) is 3.68. The van der Waals surface area contributed by atoms with Crippen LogP contribution >= 0.6 is 0 Å². The van der Waals surface area contributed by atoms with E-state index in [2.05, 4.69) is 72.6 Å². The Morgan fingerprint density at radius 1 is 0.958 bits per heavy atom. The maximum atomic E-state index is 6.04. The van der Waals surface area contributed by atoms with Crippen LogP contribution in [-0.4, -0.2) is 37.2 Å². The molecule has 1 fully saturated rings. The molecule has 0 bridgehead atoms. The van der Waals surface area contributed by atoms with Gasteiger partial charge in [0.1, 0.15) is 12.4 Å². The lowest BCUT2D eigenvalue weighted by Gasteiger charge is -2.32. The summed E-state index contributed by atoms with van der Waals surface area (Å²) in [6.07, 6.45) is 2.39. The Hall–Kier alpha value is -2.00. The van der Waals surface area contributed by atoms with Crippen molar-refractivity contribution in [3.8, 4) is 5.75 Å². The van der Waals surface area contributed by atoms with Crippen molar-refractivity contribution in [2.24, 2.45) is 0 Å². The first-order valence-corrected chi connectivity index (χ1v) is 8.95. The summed E-state index contributed by atoms with van der Waals surface area (Å²) in [5.74, 6) is 1.05. The summed E-state index contributed by atoms with van der Waals surface area (Å²) < 4.78 is 6.04. The number of anilines is 1. The number of para-hydroxylation sites is 2. The van der Waals surface area contributed by atoms with Gasteiger partial charge in [0.05, 0.1) is 0 Å². The molecule has 0 aliphatic carbocycles. The van der Waals surface area contributed by atoms with Crippen molar-refractivity contribution in [3.63, 3.8) is 0 Å². The van der Waals surface area contributed by atoms with Gasteiger partial charge < -0.3 is 10.1 Å². The molecular formula is C21H28N2O. The fourth-order valence-electron chi connectivity index (χ4n) is 3.37. The number of hydrogen-bond donors (Lipinski definition) is 1. The van der Waals surface area contributed by atoms with E-state index in [0.29, 0.717) is 6.04 Å². The van der Waals surface area contributed by atoms with Crippen molar-refractivity contribution in [2.45, 2.75) is 32.7 Å². The van der Waals surface area contributed by atoms with Crippen LogP contribution in [0.25, 0.3) is 0 Å². The first kappa shape index (κ1) is 16.8. The third kappa shape index (κ3) is 4.51. The second kappa shape index (κ2) is 8.20. The molecule has 2 aromatic rings. The molecule has 0 spiro atoms. The maximum Gasteiger partial charge on any atom is 0.125 e. The summed E-state index contributed by atoms with van der Waals surface area (Å²) >= 11 is 0. The highest BCUT2D eigenvalue weighted by Crippen LogP contribution is 2.22. The van der Waals surface area contributed by atoms with E-state index < -0.39 is 0 Å². The molecule has 0 radical (unpaired) electrons. The van der Waals surface area contributed by atoms with Crippen LogP contribution in [0.4, 0.5) is 5.69 Å². The smallest absolute Gasteiger partial charge is 0.125 e. The fourth-order valence-corrected chi connectivity index (χ4v) is 3.37. The van der Waals surface area contributed by atoms with E-state index in [1.165, 1.54) is 29.7 Å². The number of hydrogen-bond acceptors (Lipinski definition) is 3. The van der Waals surface area contributed by atoms with Crippen LogP contribution in [0.1, 0.15) is 24.0 Å². The van der Waals surface area contributed by atoms with Gasteiger partial charge in [-0.15, -0.1) is 0 Å². The van der Waals surface area contributed by atoms with Gasteiger partial charge in [-0.1, -0.05) is 36.4 Å². The number of piperidine rings is 1. The van der Waals surface area contributed by atoms with Gasteiger partial charge in [0.2, 0.25) is 0 Å². The van der Waals surface area contributed by atoms with Crippen LogP contribution in [-0.2, 0) is 0 Å². The van der Waals surface area contributed by atoms with E-state index in [-0.39, 0.29) is 0 Å². The summed E-state index contributed by atoms with van der Waals surface area (Å²) in [6.45, 7) is 8.28. The Bertz CT molecular complexity index is 613. The Labute approximate surface area is 145 Å². The molecule has 1 N–H and O–H groups in total. The summed E-state index contributed by atoms with van der Waals surface area (Å²) in [6, 6.07) is 17.4. The zero-order valence-electron chi connectivity index (χ0n) is 14.8. The zero-order valence-corrected chi connectivity index (χ0v) is 14.8. The minimum atomic E-state index is 0.586. The molecule has 0 aromatic heterocycles. The van der Waals surface area contributed by atoms with Crippen molar-refractivity contribution in [1.29, 1.82) is 0 Å². The lowest BCUT2D eigenvalue weighted by Crippen LogP contribution is -2.40. The minimum absolute atomic E-state index is 0.586. The quantitative estimate of drug-likeness (QED) is 0.859. The van der Waals surface area contributed by atoms with E-state index >= 15 is 0 Å². The molecule has 128 valence electrons. The molecule has 24 heavy (non-hydrogen) atoms. The molecule has 1 aliphatic heterocycles. The summed E-state index contributed by atoms with van der Waals surface area (Å²) in [5, 5.41) is 3.64. The second-order valence-electron chi connectivity index (χ2n) is 6.70. The van der Waals surface area contributed by atoms with Gasteiger partial charge in [-0.05, 0) is 49.9 Å². The molecule has 0 atom stereocenters. The van der Waals surface area contributed by atoms with E-state index in [1.54, 1.807) is 0 Å². The Morgan fingerprint density at radius 3 is 2.29 bits per heavy atom. The predicted octanol–water partition coefficient (Wildman–Crippen LogP) is 4.26. The molecule has 3 rings (SSSR count). The zero-order chi connectivity index (χ0) is 16.8. The third-order valence-corrected chi connectivity index (χ3v) is 4.79. The van der Waals surface area contributed by atoms with Crippen LogP contribution in [0, 0.1) is 13.8 Å². The van der Waals surface area contributed by atoms with Gasteiger partial charge in [-0.3, -0.25) is 4.90 Å². The molecular weight excluding hydrogens is 296 g/mol. The molecule has 3 heteroatoms. The molecule has 0 unspecified atom stereocenters. The molecule has 1 aliphatic rings. The average Bonchev–Trinajstić information content (AvgIpc) is 2.60. The molecule has 3 nitrogen and oxygen atoms in total. The minimum Gasteiger partial charge on any atom is -0.492 e. The van der Waals surface area contributed by atoms with Gasteiger partial charge in [0, 0.05) is 31.4 Å². The van der Waals surface area contributed by atoms with E-state index in [9.17, 15) is 0 Å². The Kier molecular flexibility index (Phi) is 5.76. The number of benzene rings is 2. The van der Waals surface area contributed by atoms with Crippen LogP contribution in [0.2, 0.25) is 0 Å². The summed E-state index contributed by atoms with van der Waals surface area (Å²) in [7, 11) is 0. The van der Waals surface area contributed by atoms with Crippen LogP contribution < -0.4 is 10.1 Å². The summed E-state index contributed by atoms with van der Waals surface area (Å²) in [4.78, 5) is 2.51. The number of rotatable bonds is 6. The lowest BCUT2D eigenvalue weighted by molar-refractivity contribution is 0.177. The van der Waals surface area contributed by atoms with Crippen molar-refractivity contribution >= 4 is 5.69 Å². The predicted molar refractivity (Wildman–Crippen MR) is 101 cm³/mol. The standard InChI is InChI=1S/C21H28N2O/c1-17-7-6-8-18(2)21(17)24-16-15-23-13-11-20(12-14-23)22-19-9-4-3-5-10-19/h3-10,20,22H,11-16H2,1-2H3. The van der Waals surface area contributed by atoms with Gasteiger partial charge in [-0.25, -0.2) is 0 Å². The number of likely N-dealkylation sites (tertiary alicyclic amines) is 1. The highest BCUT2D eigenvalue weighted by molar-refractivity contribution is 5.43. The average molecular weight is 324 g/mol. The fraction of sp³-hybridized carbons (Fsp3) is 0.429. The normalized spacial score (nSPS) is 16.1. The second-order valence-corrected chi connectivity index (χ2v) is 6.70. The Balaban J connectivity index is 1.40. The monoisotopic (exact) mass is 324 g/mol. The van der Waals surface area contributed by atoms with Crippen LogP contribution in [0.15, 0.2) is 48.5 Å². The van der Waals surface area contributed by atoms with Crippen molar-refractivity contribution < 1.29 is 4.74 Å². The third-order valence-electron chi connectivity index (χ3n) is 4.79. The largest absolute Gasteiger partial charge is 0.492 e. The molecule has 0 saturated carbocycles. The SMILES string of the molecule is Cc1cccc(C)c1OCCN1CCC(Nc2ccccc2)CC1. The first-order valence-electron chi connectivity index (χ1n) is 8.95. The number of nitrogens with zero attached hydrogens (tertiary/aromatic N) is 1. The molecule has 1 saturated heterocycles. The van der Waals surface area contributed by atoms with E-state index in [1.807, 2.05) is 0 Å². The Morgan fingerprint density at radius 2 is 1.62 bits per heavy atom. The number of nitrogens with one attached hydrogen (secondary N) is 1. The maximum absolute atomic E-state index is 6.04.